The summed E-state index contributed by atoms with van der Waals surface area (Å²) in [6.45, 7) is 0.145. The first-order valence-corrected chi connectivity index (χ1v) is 7.72. The van der Waals surface area contributed by atoms with Crippen LogP contribution < -0.4 is 5.32 Å². The number of aliphatic hydroxyl groups excluding tert-OH is 1. The van der Waals surface area contributed by atoms with Gasteiger partial charge in [0.25, 0.3) is 0 Å². The second kappa shape index (κ2) is 7.40. The topological polar surface area (TPSA) is 86.6 Å². The number of hydrogen-bond acceptors (Lipinski definition) is 3. The third-order valence-corrected chi connectivity index (χ3v) is 4.40. The molecule has 120 valence electrons. The van der Waals surface area contributed by atoms with Crippen LogP contribution in [-0.2, 0) is 9.59 Å². The first-order chi connectivity index (χ1) is 10.5. The molecule has 3 N–H and O–H groups in total. The van der Waals surface area contributed by atoms with E-state index in [9.17, 15) is 14.7 Å². The molecule has 0 radical (unpaired) electrons. The molecule has 1 aliphatic carbocycles. The molecule has 1 saturated carbocycles. The van der Waals surface area contributed by atoms with Crippen LogP contribution in [0.5, 0.6) is 0 Å². The van der Waals surface area contributed by atoms with E-state index in [0.29, 0.717) is 0 Å². The fourth-order valence-electron chi connectivity index (χ4n) is 3.27. The van der Waals surface area contributed by atoms with Crippen LogP contribution >= 0.6 is 0 Å². The van der Waals surface area contributed by atoms with Crippen LogP contribution in [0.1, 0.15) is 50.2 Å². The molecule has 0 heterocycles. The number of carbonyl (C=O) groups is 2. The maximum absolute atomic E-state index is 12.1. The summed E-state index contributed by atoms with van der Waals surface area (Å²) in [5.74, 6) is -1.03. The van der Waals surface area contributed by atoms with Crippen molar-refractivity contribution in [3.8, 4) is 0 Å². The van der Waals surface area contributed by atoms with Gasteiger partial charge < -0.3 is 15.5 Å². The summed E-state index contributed by atoms with van der Waals surface area (Å²) >= 11 is 0. The number of aliphatic carboxylic acids is 1. The van der Waals surface area contributed by atoms with Gasteiger partial charge in [-0.2, -0.15) is 0 Å². The first-order valence-electron chi connectivity index (χ1n) is 7.72. The van der Waals surface area contributed by atoms with Gasteiger partial charge in [-0.15, -0.1) is 0 Å². The number of aliphatic hydroxyl groups is 1. The molecule has 0 aliphatic heterocycles. The fraction of sp³-hybridized carbons (Fsp3) is 0.529. The number of rotatable bonds is 7. The van der Waals surface area contributed by atoms with Crippen molar-refractivity contribution < 1.29 is 19.8 Å². The highest BCUT2D eigenvalue weighted by Crippen LogP contribution is 2.44. The molecule has 1 aromatic carbocycles. The molecule has 1 aromatic rings. The van der Waals surface area contributed by atoms with Gasteiger partial charge >= 0.3 is 5.97 Å². The molecule has 0 aromatic heterocycles. The Balaban J connectivity index is 1.85. The van der Waals surface area contributed by atoms with Crippen LogP contribution in [0, 0.1) is 5.41 Å². The molecule has 5 nitrogen and oxygen atoms in total. The molecule has 1 atom stereocenters. The van der Waals surface area contributed by atoms with Gasteiger partial charge in [-0.1, -0.05) is 43.2 Å². The number of nitrogens with one attached hydrogen (secondary N) is 1. The predicted molar refractivity (Wildman–Crippen MR) is 82.2 cm³/mol. The smallest absolute Gasteiger partial charge is 0.303 e. The van der Waals surface area contributed by atoms with Crippen molar-refractivity contribution >= 4 is 11.9 Å². The minimum absolute atomic E-state index is 0.0433. The summed E-state index contributed by atoms with van der Waals surface area (Å²) in [6.07, 6.45) is 3.05. The Morgan fingerprint density at radius 3 is 2.36 bits per heavy atom. The molecule has 1 aliphatic rings. The molecule has 1 amide bonds. The van der Waals surface area contributed by atoms with Crippen molar-refractivity contribution in [3.05, 3.63) is 35.9 Å². The predicted octanol–water partition coefficient (Wildman–Crippen LogP) is 2.26. The molecular weight excluding hydrogens is 282 g/mol. The van der Waals surface area contributed by atoms with Crippen LogP contribution in [0.25, 0.3) is 0 Å². The van der Waals surface area contributed by atoms with Gasteiger partial charge in [0, 0.05) is 13.0 Å². The second-order valence-corrected chi connectivity index (χ2v) is 6.18. The van der Waals surface area contributed by atoms with Gasteiger partial charge in [0.15, 0.2) is 0 Å². The van der Waals surface area contributed by atoms with Crippen molar-refractivity contribution in [1.29, 1.82) is 0 Å². The van der Waals surface area contributed by atoms with E-state index in [-0.39, 0.29) is 25.3 Å². The molecule has 0 bridgehead atoms. The van der Waals surface area contributed by atoms with Crippen LogP contribution in [0.15, 0.2) is 30.3 Å². The number of carboxylic acids is 1. The van der Waals surface area contributed by atoms with Crippen LogP contribution in [0.4, 0.5) is 0 Å². The zero-order chi connectivity index (χ0) is 16.0. The average molecular weight is 305 g/mol. The summed E-state index contributed by atoms with van der Waals surface area (Å²) < 4.78 is 0. The van der Waals surface area contributed by atoms with Crippen molar-refractivity contribution in [2.75, 3.05) is 6.54 Å². The molecular formula is C17H23NO4. The highest BCUT2D eigenvalue weighted by molar-refractivity contribution is 5.78. The Morgan fingerprint density at radius 1 is 1.14 bits per heavy atom. The Labute approximate surface area is 130 Å². The summed E-state index contributed by atoms with van der Waals surface area (Å²) in [7, 11) is 0. The van der Waals surface area contributed by atoms with Crippen molar-refractivity contribution in [3.63, 3.8) is 0 Å². The van der Waals surface area contributed by atoms with Gasteiger partial charge in [0.2, 0.25) is 5.91 Å². The number of carbonyl (C=O) groups excluding carboxylic acids is 1. The lowest BCUT2D eigenvalue weighted by atomic mass is 9.79. The minimum atomic E-state index is -0.848. The van der Waals surface area contributed by atoms with E-state index < -0.39 is 17.5 Å². The standard InChI is InChI=1S/C17H23NO4/c19-14(13-6-2-1-3-7-13)12-18-15(20)10-17(11-16(21)22)8-4-5-9-17/h1-3,6-7,14,19H,4-5,8-12H2,(H,18,20)(H,21,22)/t14-/m0/s1. The lowest BCUT2D eigenvalue weighted by Gasteiger charge is -2.26. The Kier molecular flexibility index (Phi) is 5.55. The maximum atomic E-state index is 12.1. The van der Waals surface area contributed by atoms with E-state index >= 15 is 0 Å². The third-order valence-electron chi connectivity index (χ3n) is 4.40. The molecule has 1 fully saturated rings. The number of carboxylic acid groups (broad SMARTS) is 1. The summed E-state index contributed by atoms with van der Waals surface area (Å²) in [5, 5.41) is 21.8. The fourth-order valence-corrected chi connectivity index (χ4v) is 3.27. The van der Waals surface area contributed by atoms with Gasteiger partial charge in [0.05, 0.1) is 12.5 Å². The number of hydrogen-bond donors (Lipinski definition) is 3. The van der Waals surface area contributed by atoms with Crippen molar-refractivity contribution in [2.24, 2.45) is 5.41 Å². The normalized spacial score (nSPS) is 17.9. The summed E-state index contributed by atoms with van der Waals surface area (Å²) in [5.41, 5.74) is 0.345. The summed E-state index contributed by atoms with van der Waals surface area (Å²) in [6, 6.07) is 9.14. The number of benzene rings is 1. The van der Waals surface area contributed by atoms with E-state index in [0.717, 1.165) is 31.2 Å². The molecule has 5 heteroatoms. The van der Waals surface area contributed by atoms with E-state index in [1.807, 2.05) is 18.2 Å². The highest BCUT2D eigenvalue weighted by atomic mass is 16.4. The van der Waals surface area contributed by atoms with Crippen LogP contribution in [-0.4, -0.2) is 28.6 Å². The zero-order valence-corrected chi connectivity index (χ0v) is 12.6. The van der Waals surface area contributed by atoms with Crippen molar-refractivity contribution in [1.82, 2.24) is 5.32 Å². The molecule has 0 saturated heterocycles. The maximum Gasteiger partial charge on any atom is 0.303 e. The average Bonchev–Trinajstić information content (AvgIpc) is 2.92. The van der Waals surface area contributed by atoms with E-state index in [2.05, 4.69) is 5.32 Å². The quantitative estimate of drug-likeness (QED) is 0.721. The monoisotopic (exact) mass is 305 g/mol. The largest absolute Gasteiger partial charge is 0.481 e. The summed E-state index contributed by atoms with van der Waals surface area (Å²) in [4.78, 5) is 23.1. The second-order valence-electron chi connectivity index (χ2n) is 6.18. The molecule has 2 rings (SSSR count). The van der Waals surface area contributed by atoms with Crippen molar-refractivity contribution in [2.45, 2.75) is 44.6 Å². The van der Waals surface area contributed by atoms with E-state index in [1.54, 1.807) is 12.1 Å². The number of amides is 1. The van der Waals surface area contributed by atoms with Gasteiger partial charge in [-0.25, -0.2) is 0 Å². The lowest BCUT2D eigenvalue weighted by Crippen LogP contribution is -2.34. The zero-order valence-electron chi connectivity index (χ0n) is 12.6. The minimum Gasteiger partial charge on any atom is -0.481 e. The van der Waals surface area contributed by atoms with Crippen LogP contribution in [0.2, 0.25) is 0 Å². The van der Waals surface area contributed by atoms with E-state index in [1.165, 1.54) is 0 Å². The van der Waals surface area contributed by atoms with Crippen LogP contribution in [0.3, 0.4) is 0 Å². The Bertz CT molecular complexity index is 509. The Hall–Kier alpha value is -1.88. The van der Waals surface area contributed by atoms with Gasteiger partial charge in [0.1, 0.15) is 0 Å². The van der Waals surface area contributed by atoms with Gasteiger partial charge in [-0.3, -0.25) is 9.59 Å². The highest BCUT2D eigenvalue weighted by Gasteiger charge is 2.37. The molecule has 22 heavy (non-hydrogen) atoms. The third kappa shape index (κ3) is 4.56. The van der Waals surface area contributed by atoms with E-state index in [4.69, 9.17) is 5.11 Å². The lowest BCUT2D eigenvalue weighted by molar-refractivity contribution is -0.140. The molecule has 0 unspecified atom stereocenters. The Morgan fingerprint density at radius 2 is 1.77 bits per heavy atom. The molecule has 0 spiro atoms. The first kappa shape index (κ1) is 16.5. The SMILES string of the molecule is O=C(O)CC1(CC(=O)NC[C@H](O)c2ccccc2)CCCC1. The van der Waals surface area contributed by atoms with Gasteiger partial charge in [-0.05, 0) is 23.8 Å².